The second-order valence-corrected chi connectivity index (χ2v) is 5.92. The number of hydrogen-bond acceptors (Lipinski definition) is 4. The van der Waals surface area contributed by atoms with Gasteiger partial charge in [-0.2, -0.15) is 8.42 Å². The molecule has 0 heterocycles. The summed E-state index contributed by atoms with van der Waals surface area (Å²) in [5.74, 6) is -0.540. The first kappa shape index (κ1) is 13.6. The van der Waals surface area contributed by atoms with Gasteiger partial charge in [0.2, 0.25) is 0 Å². The quantitative estimate of drug-likeness (QED) is 0.478. The molecule has 0 aliphatic heterocycles. The fourth-order valence-electron chi connectivity index (χ4n) is 1.02. The smallest absolute Gasteiger partial charge is 0.292 e. The number of carbonyl (C=O) groups excluding carboxylic acids is 1. The monoisotopic (exact) mass is 356 g/mol. The molecule has 1 atom stereocenters. The lowest BCUT2D eigenvalue weighted by Crippen LogP contribution is -2.23. The van der Waals surface area contributed by atoms with Gasteiger partial charge in [-0.15, -0.1) is 0 Å². The molecule has 5 nitrogen and oxygen atoms in total. The third-order valence-corrected chi connectivity index (χ3v) is 3.44. The lowest BCUT2D eigenvalue weighted by molar-refractivity contribution is 0.0932. The zero-order valence-corrected chi connectivity index (χ0v) is 11.0. The molecular formula is C9H9IO5S. The second-order valence-electron chi connectivity index (χ2n) is 3.10. The maximum absolute atomic E-state index is 11.5. The highest BCUT2D eigenvalue weighted by molar-refractivity contribution is 14.1. The molecule has 0 aliphatic carbocycles. The Labute approximate surface area is 106 Å². The molecule has 2 N–H and O–H groups in total. The van der Waals surface area contributed by atoms with Crippen molar-refractivity contribution in [3.8, 4) is 0 Å². The van der Waals surface area contributed by atoms with Gasteiger partial charge in [0.15, 0.2) is 11.2 Å². The molecule has 1 rings (SSSR count). The summed E-state index contributed by atoms with van der Waals surface area (Å²) >= 11 is 2.06. The van der Waals surface area contributed by atoms with E-state index >= 15 is 0 Å². The molecule has 1 aromatic carbocycles. The van der Waals surface area contributed by atoms with Crippen LogP contribution >= 0.6 is 22.6 Å². The highest BCUT2D eigenvalue weighted by atomic mass is 127. The van der Waals surface area contributed by atoms with Gasteiger partial charge < -0.3 is 5.11 Å². The van der Waals surface area contributed by atoms with Gasteiger partial charge in [-0.3, -0.25) is 9.35 Å². The molecule has 0 aliphatic rings. The van der Waals surface area contributed by atoms with E-state index in [4.69, 9.17) is 9.66 Å². The summed E-state index contributed by atoms with van der Waals surface area (Å²) in [6.07, 6.45) is -0.653. The Hall–Kier alpha value is -0.510. The molecule has 7 heteroatoms. The maximum Gasteiger partial charge on any atom is 0.292 e. The molecule has 0 spiro atoms. The number of carbonyl (C=O) groups is 1. The zero-order valence-electron chi connectivity index (χ0n) is 8.00. The highest BCUT2D eigenvalue weighted by Gasteiger charge is 2.23. The fourth-order valence-corrected chi connectivity index (χ4v) is 1.74. The van der Waals surface area contributed by atoms with Gasteiger partial charge in [0.1, 0.15) is 0 Å². The molecule has 0 fully saturated rings. The van der Waals surface area contributed by atoms with Gasteiger partial charge in [0.25, 0.3) is 10.1 Å². The minimum atomic E-state index is -4.58. The number of hydrogen-bond donors (Lipinski definition) is 2. The van der Waals surface area contributed by atoms with E-state index in [0.29, 0.717) is 5.56 Å². The standard InChI is InChI=1S/C9H9IO5S/c10-7-3-1-6(2-4-7)8(11)5-9(12)16(13,14)15/h1-4,9,12H,5H2,(H,13,14,15). The van der Waals surface area contributed by atoms with Gasteiger partial charge in [-0.25, -0.2) is 0 Å². The highest BCUT2D eigenvalue weighted by Crippen LogP contribution is 2.11. The summed E-state index contributed by atoms with van der Waals surface area (Å²) < 4.78 is 30.4. The Morgan fingerprint density at radius 2 is 1.81 bits per heavy atom. The van der Waals surface area contributed by atoms with Crippen LogP contribution in [0, 0.1) is 3.57 Å². The van der Waals surface area contributed by atoms with Crippen LogP contribution in [0.4, 0.5) is 0 Å². The van der Waals surface area contributed by atoms with Gasteiger partial charge in [0.05, 0.1) is 6.42 Å². The van der Waals surface area contributed by atoms with Crippen LogP contribution in [0.1, 0.15) is 16.8 Å². The number of halogens is 1. The molecule has 0 saturated heterocycles. The van der Waals surface area contributed by atoms with Crippen molar-refractivity contribution in [2.24, 2.45) is 0 Å². The number of aliphatic hydroxyl groups is 1. The molecule has 16 heavy (non-hydrogen) atoms. The summed E-state index contributed by atoms with van der Waals surface area (Å²) in [4.78, 5) is 11.5. The van der Waals surface area contributed by atoms with Crippen molar-refractivity contribution in [2.75, 3.05) is 0 Å². The van der Waals surface area contributed by atoms with Crippen molar-refractivity contribution < 1.29 is 22.9 Å². The van der Waals surface area contributed by atoms with Crippen LogP contribution in [-0.4, -0.2) is 29.3 Å². The molecule has 0 aromatic heterocycles. The summed E-state index contributed by atoms with van der Waals surface area (Å²) in [7, 11) is -4.58. The van der Waals surface area contributed by atoms with E-state index in [1.165, 1.54) is 12.1 Å². The number of benzene rings is 1. The first-order valence-electron chi connectivity index (χ1n) is 4.24. The fraction of sp³-hybridized carbons (Fsp3) is 0.222. The van der Waals surface area contributed by atoms with Crippen molar-refractivity contribution >= 4 is 38.5 Å². The Balaban J connectivity index is 2.77. The third-order valence-electron chi connectivity index (χ3n) is 1.87. The average Bonchev–Trinajstić information content (AvgIpc) is 2.17. The van der Waals surface area contributed by atoms with E-state index in [-0.39, 0.29) is 0 Å². The minimum absolute atomic E-state index is 0.295. The first-order chi connectivity index (χ1) is 7.30. The van der Waals surface area contributed by atoms with Crippen LogP contribution in [0.3, 0.4) is 0 Å². The van der Waals surface area contributed by atoms with E-state index in [0.717, 1.165) is 3.57 Å². The van der Waals surface area contributed by atoms with E-state index in [1.54, 1.807) is 12.1 Å². The predicted octanol–water partition coefficient (Wildman–Crippen LogP) is 1.07. The van der Waals surface area contributed by atoms with E-state index in [9.17, 15) is 13.2 Å². The largest absolute Gasteiger partial charge is 0.375 e. The lowest BCUT2D eigenvalue weighted by Gasteiger charge is -2.06. The van der Waals surface area contributed by atoms with Crippen LogP contribution < -0.4 is 0 Å². The molecule has 0 bridgehead atoms. The van der Waals surface area contributed by atoms with Crippen LogP contribution in [-0.2, 0) is 10.1 Å². The average molecular weight is 356 g/mol. The van der Waals surface area contributed by atoms with Gasteiger partial charge >= 0.3 is 0 Å². The number of Topliss-reactive ketones (excluding diaryl/α,β-unsaturated/α-hetero) is 1. The molecule has 1 unspecified atom stereocenters. The number of aliphatic hydroxyl groups excluding tert-OH is 1. The van der Waals surface area contributed by atoms with Crippen molar-refractivity contribution in [3.05, 3.63) is 33.4 Å². The van der Waals surface area contributed by atoms with Gasteiger partial charge in [-0.1, -0.05) is 12.1 Å². The molecule has 0 amide bonds. The Morgan fingerprint density at radius 1 is 1.31 bits per heavy atom. The Morgan fingerprint density at radius 3 is 2.25 bits per heavy atom. The van der Waals surface area contributed by atoms with Crippen molar-refractivity contribution in [1.29, 1.82) is 0 Å². The molecule has 88 valence electrons. The van der Waals surface area contributed by atoms with Crippen molar-refractivity contribution in [2.45, 2.75) is 11.9 Å². The van der Waals surface area contributed by atoms with Crippen LogP contribution in [0.15, 0.2) is 24.3 Å². The Kier molecular flexibility index (Phi) is 4.42. The van der Waals surface area contributed by atoms with E-state index in [2.05, 4.69) is 22.6 Å². The molecule has 0 radical (unpaired) electrons. The van der Waals surface area contributed by atoms with E-state index in [1.807, 2.05) is 0 Å². The minimum Gasteiger partial charge on any atom is -0.375 e. The van der Waals surface area contributed by atoms with Crippen molar-refractivity contribution in [1.82, 2.24) is 0 Å². The summed E-state index contributed by atoms with van der Waals surface area (Å²) in [6, 6.07) is 6.43. The van der Waals surface area contributed by atoms with Crippen LogP contribution in [0.2, 0.25) is 0 Å². The summed E-state index contributed by atoms with van der Waals surface area (Å²) in [6.45, 7) is 0. The molecule has 1 aromatic rings. The molecular weight excluding hydrogens is 347 g/mol. The topological polar surface area (TPSA) is 91.7 Å². The third kappa shape index (κ3) is 3.81. The second kappa shape index (κ2) is 5.21. The summed E-state index contributed by atoms with van der Waals surface area (Å²) in [5.41, 5.74) is -1.78. The molecule has 0 saturated carbocycles. The van der Waals surface area contributed by atoms with E-state index < -0.39 is 27.8 Å². The predicted molar refractivity (Wildman–Crippen MR) is 65.7 cm³/mol. The van der Waals surface area contributed by atoms with Gasteiger partial charge in [-0.05, 0) is 34.7 Å². The first-order valence-corrected chi connectivity index (χ1v) is 6.82. The number of rotatable bonds is 4. The maximum atomic E-state index is 11.5. The van der Waals surface area contributed by atoms with Gasteiger partial charge in [0, 0.05) is 9.13 Å². The number of ketones is 1. The van der Waals surface area contributed by atoms with Crippen LogP contribution in [0.25, 0.3) is 0 Å². The normalized spacial score (nSPS) is 13.4. The SMILES string of the molecule is O=C(CC(O)S(=O)(=O)O)c1ccc(I)cc1. The summed E-state index contributed by atoms with van der Waals surface area (Å²) in [5, 5.41) is 9.01. The van der Waals surface area contributed by atoms with Crippen molar-refractivity contribution in [3.63, 3.8) is 0 Å². The zero-order chi connectivity index (χ0) is 12.3. The Bertz CT molecular complexity index is 479. The lowest BCUT2D eigenvalue weighted by atomic mass is 10.1. The van der Waals surface area contributed by atoms with Crippen LogP contribution in [0.5, 0.6) is 0 Å².